The van der Waals surface area contributed by atoms with Gasteiger partial charge < -0.3 is 9.80 Å². The van der Waals surface area contributed by atoms with Crippen LogP contribution in [0.4, 0.5) is 4.39 Å². The van der Waals surface area contributed by atoms with E-state index in [9.17, 15) is 14.0 Å². The zero-order valence-electron chi connectivity index (χ0n) is 16.8. The first-order valence-electron chi connectivity index (χ1n) is 10.2. The van der Waals surface area contributed by atoms with Gasteiger partial charge in [0.1, 0.15) is 11.2 Å². The van der Waals surface area contributed by atoms with Crippen molar-refractivity contribution in [2.45, 2.75) is 30.4 Å². The third-order valence-corrected chi connectivity index (χ3v) is 7.57. The Morgan fingerprint density at radius 3 is 2.60 bits per heavy atom. The van der Waals surface area contributed by atoms with Gasteiger partial charge in [0.25, 0.3) is 5.91 Å². The molecule has 2 fully saturated rings. The molecular formula is C23H24ClFN2O2S. The smallest absolute Gasteiger partial charge is 0.253 e. The maximum atomic E-state index is 13.4. The molecule has 2 amide bonds. The van der Waals surface area contributed by atoms with Gasteiger partial charge in [0.15, 0.2) is 0 Å². The molecule has 30 heavy (non-hydrogen) atoms. The molecule has 0 spiro atoms. The first-order valence-corrected chi connectivity index (χ1v) is 11.5. The van der Waals surface area contributed by atoms with Crippen LogP contribution in [-0.4, -0.2) is 46.5 Å². The Kier molecular flexibility index (Phi) is 6.34. The van der Waals surface area contributed by atoms with E-state index in [1.165, 1.54) is 12.1 Å². The summed E-state index contributed by atoms with van der Waals surface area (Å²) in [4.78, 5) is 29.2. The lowest BCUT2D eigenvalue weighted by Gasteiger charge is -2.35. The summed E-state index contributed by atoms with van der Waals surface area (Å²) in [7, 11) is 0. The fourth-order valence-corrected chi connectivity index (χ4v) is 5.81. The predicted octanol–water partition coefficient (Wildman–Crippen LogP) is 4.99. The van der Waals surface area contributed by atoms with Crippen LogP contribution >= 0.6 is 23.4 Å². The van der Waals surface area contributed by atoms with Crippen LogP contribution in [0.25, 0.3) is 0 Å². The minimum absolute atomic E-state index is 0.0758. The molecule has 2 aromatic rings. The van der Waals surface area contributed by atoms with E-state index >= 15 is 0 Å². The normalized spacial score (nSPS) is 22.6. The van der Waals surface area contributed by atoms with E-state index in [4.69, 9.17) is 11.6 Å². The molecule has 2 aromatic carbocycles. The molecule has 2 atom stereocenters. The number of hydrogen-bond donors (Lipinski definition) is 0. The Morgan fingerprint density at radius 2 is 1.90 bits per heavy atom. The lowest BCUT2D eigenvalue weighted by atomic mass is 9.95. The third-order valence-electron chi connectivity index (χ3n) is 5.85. The van der Waals surface area contributed by atoms with Gasteiger partial charge in [-0.25, -0.2) is 4.39 Å². The molecule has 0 bridgehead atoms. The van der Waals surface area contributed by atoms with Crippen LogP contribution in [0.1, 0.15) is 41.1 Å². The predicted molar refractivity (Wildman–Crippen MR) is 118 cm³/mol. The Morgan fingerprint density at radius 1 is 1.17 bits per heavy atom. The first kappa shape index (κ1) is 21.2. The van der Waals surface area contributed by atoms with Gasteiger partial charge in [-0.15, -0.1) is 11.8 Å². The average molecular weight is 447 g/mol. The van der Waals surface area contributed by atoms with Gasteiger partial charge in [-0.2, -0.15) is 0 Å². The highest BCUT2D eigenvalue weighted by atomic mass is 35.5. The molecule has 158 valence electrons. The van der Waals surface area contributed by atoms with Crippen molar-refractivity contribution in [3.05, 3.63) is 70.5 Å². The number of carbonyl (C=O) groups excluding carboxylic acids is 2. The number of rotatable bonds is 4. The standard InChI is InChI=1S/C23H24ClFN2O2S/c1-15-21(28)27(23(30-15)19-7-2-3-8-20(19)24)14-16-9-11-26(12-10-16)22(29)17-5-4-6-18(25)13-17/h2-8,13,15-16,23H,9-12,14H2,1H3. The van der Waals surface area contributed by atoms with Crippen molar-refractivity contribution in [1.82, 2.24) is 9.80 Å². The second-order valence-corrected chi connectivity index (χ2v) is 9.72. The Labute approximate surface area is 185 Å². The van der Waals surface area contributed by atoms with Crippen LogP contribution in [-0.2, 0) is 4.79 Å². The van der Waals surface area contributed by atoms with E-state index < -0.39 is 5.82 Å². The Balaban J connectivity index is 1.40. The molecule has 2 aliphatic heterocycles. The molecule has 4 nitrogen and oxygen atoms in total. The van der Waals surface area contributed by atoms with Gasteiger partial charge in [0.05, 0.1) is 5.25 Å². The summed E-state index contributed by atoms with van der Waals surface area (Å²) < 4.78 is 13.4. The number of thioether (sulfide) groups is 1. The topological polar surface area (TPSA) is 40.6 Å². The molecule has 2 aliphatic rings. The average Bonchev–Trinajstić information content (AvgIpc) is 3.02. The van der Waals surface area contributed by atoms with E-state index in [0.717, 1.165) is 18.4 Å². The summed E-state index contributed by atoms with van der Waals surface area (Å²) in [5.74, 6) is -0.0755. The third kappa shape index (κ3) is 4.35. The van der Waals surface area contributed by atoms with Gasteiger partial charge in [-0.3, -0.25) is 9.59 Å². The Bertz CT molecular complexity index is 948. The molecule has 4 rings (SSSR count). The molecule has 0 aromatic heterocycles. The molecular weight excluding hydrogens is 423 g/mol. The summed E-state index contributed by atoms with van der Waals surface area (Å²) in [6.45, 7) is 3.83. The van der Waals surface area contributed by atoms with Crippen molar-refractivity contribution in [3.63, 3.8) is 0 Å². The summed E-state index contributed by atoms with van der Waals surface area (Å²) in [5.41, 5.74) is 1.35. The SMILES string of the molecule is CC1SC(c2ccccc2Cl)N(CC2CCN(C(=O)c3cccc(F)c3)CC2)C1=O. The first-order chi connectivity index (χ1) is 14.4. The second-order valence-electron chi connectivity index (χ2n) is 7.89. The Hall–Kier alpha value is -2.05. The van der Waals surface area contributed by atoms with Gasteiger partial charge in [-0.1, -0.05) is 35.9 Å². The highest BCUT2D eigenvalue weighted by Gasteiger charge is 2.40. The zero-order valence-corrected chi connectivity index (χ0v) is 18.3. The van der Waals surface area contributed by atoms with E-state index in [2.05, 4.69) is 0 Å². The van der Waals surface area contributed by atoms with Gasteiger partial charge >= 0.3 is 0 Å². The molecule has 0 saturated carbocycles. The molecule has 0 N–H and O–H groups in total. The number of hydrogen-bond acceptors (Lipinski definition) is 3. The maximum Gasteiger partial charge on any atom is 0.253 e. The van der Waals surface area contributed by atoms with Crippen LogP contribution in [0.15, 0.2) is 48.5 Å². The monoisotopic (exact) mass is 446 g/mol. The molecule has 7 heteroatoms. The number of carbonyl (C=O) groups is 2. The van der Waals surface area contributed by atoms with Crippen molar-refractivity contribution in [3.8, 4) is 0 Å². The quantitative estimate of drug-likeness (QED) is 0.664. The van der Waals surface area contributed by atoms with Crippen LogP contribution in [0, 0.1) is 11.7 Å². The van der Waals surface area contributed by atoms with Crippen molar-refractivity contribution >= 4 is 35.2 Å². The number of nitrogens with zero attached hydrogens (tertiary/aromatic N) is 2. The molecule has 0 radical (unpaired) electrons. The van der Waals surface area contributed by atoms with E-state index in [0.29, 0.717) is 36.1 Å². The summed E-state index contributed by atoms with van der Waals surface area (Å²) >= 11 is 8.04. The number of likely N-dealkylation sites (tertiary alicyclic amines) is 1. The van der Waals surface area contributed by atoms with Crippen LogP contribution < -0.4 is 0 Å². The van der Waals surface area contributed by atoms with Crippen molar-refractivity contribution in [2.24, 2.45) is 5.92 Å². The highest BCUT2D eigenvalue weighted by molar-refractivity contribution is 8.01. The summed E-state index contributed by atoms with van der Waals surface area (Å²) in [5, 5.41) is 0.506. The molecule has 0 aliphatic carbocycles. The molecule has 2 heterocycles. The van der Waals surface area contributed by atoms with Crippen LogP contribution in [0.2, 0.25) is 5.02 Å². The van der Waals surface area contributed by atoms with E-state index in [1.807, 2.05) is 36.1 Å². The van der Waals surface area contributed by atoms with Crippen molar-refractivity contribution < 1.29 is 14.0 Å². The second kappa shape index (κ2) is 8.98. The lowest BCUT2D eigenvalue weighted by molar-refractivity contribution is -0.130. The van der Waals surface area contributed by atoms with E-state index in [1.54, 1.807) is 28.8 Å². The maximum absolute atomic E-state index is 13.4. The summed E-state index contributed by atoms with van der Waals surface area (Å²) in [6, 6.07) is 13.5. The number of halogens is 2. The number of piperidine rings is 1. The fraction of sp³-hybridized carbons (Fsp3) is 0.391. The zero-order chi connectivity index (χ0) is 21.3. The van der Waals surface area contributed by atoms with Crippen molar-refractivity contribution in [2.75, 3.05) is 19.6 Å². The minimum Gasteiger partial charge on any atom is -0.339 e. The lowest BCUT2D eigenvalue weighted by Crippen LogP contribution is -2.42. The van der Waals surface area contributed by atoms with Gasteiger partial charge in [0, 0.05) is 35.8 Å². The van der Waals surface area contributed by atoms with Crippen LogP contribution in [0.3, 0.4) is 0 Å². The molecule has 2 unspecified atom stereocenters. The highest BCUT2D eigenvalue weighted by Crippen LogP contribution is 2.45. The number of benzene rings is 2. The van der Waals surface area contributed by atoms with E-state index in [-0.39, 0.29) is 22.4 Å². The summed E-state index contributed by atoms with van der Waals surface area (Å²) in [6.07, 6.45) is 1.64. The van der Waals surface area contributed by atoms with Crippen LogP contribution in [0.5, 0.6) is 0 Å². The van der Waals surface area contributed by atoms with Gasteiger partial charge in [0.2, 0.25) is 5.91 Å². The van der Waals surface area contributed by atoms with Gasteiger partial charge in [-0.05, 0) is 49.9 Å². The largest absolute Gasteiger partial charge is 0.339 e. The van der Waals surface area contributed by atoms with Crippen molar-refractivity contribution in [1.29, 1.82) is 0 Å². The number of amides is 2. The minimum atomic E-state index is -0.402. The fourth-order valence-electron chi connectivity index (χ4n) is 4.18. The molecule has 2 saturated heterocycles.